The molecular formula is C21H23Cl2NO4. The normalized spacial score (nSPS) is 12.3. The first kappa shape index (κ1) is 22.1. The van der Waals surface area contributed by atoms with Gasteiger partial charge in [-0.2, -0.15) is 0 Å². The van der Waals surface area contributed by atoms with E-state index < -0.39 is 17.7 Å². The number of amides is 1. The van der Waals surface area contributed by atoms with E-state index in [1.54, 1.807) is 51.1 Å². The summed E-state index contributed by atoms with van der Waals surface area (Å²) in [7, 11) is 0. The van der Waals surface area contributed by atoms with Crippen LogP contribution in [0.2, 0.25) is 10.0 Å². The number of rotatable bonds is 6. The van der Waals surface area contributed by atoms with Crippen molar-refractivity contribution in [2.45, 2.75) is 45.3 Å². The lowest BCUT2D eigenvalue weighted by Gasteiger charge is -2.23. The summed E-state index contributed by atoms with van der Waals surface area (Å²) in [5, 5.41) is 12.9. The molecule has 2 aromatic rings. The van der Waals surface area contributed by atoms with Gasteiger partial charge in [-0.25, -0.2) is 4.79 Å². The van der Waals surface area contributed by atoms with E-state index in [9.17, 15) is 14.7 Å². The number of hydrogen-bond acceptors (Lipinski definition) is 4. The highest BCUT2D eigenvalue weighted by Crippen LogP contribution is 2.25. The molecule has 2 N–H and O–H groups in total. The van der Waals surface area contributed by atoms with Crippen molar-refractivity contribution in [2.24, 2.45) is 0 Å². The molecule has 5 nitrogen and oxygen atoms in total. The number of Topliss-reactive ketones (excluding diaryl/α,β-unsaturated/α-hetero) is 1. The van der Waals surface area contributed by atoms with Crippen LogP contribution in [0.3, 0.4) is 0 Å². The van der Waals surface area contributed by atoms with Gasteiger partial charge in [-0.05, 0) is 62.6 Å². The number of phenols is 1. The Morgan fingerprint density at radius 3 is 2.18 bits per heavy atom. The Morgan fingerprint density at radius 2 is 1.64 bits per heavy atom. The van der Waals surface area contributed by atoms with E-state index in [-0.39, 0.29) is 24.4 Å². The van der Waals surface area contributed by atoms with Crippen LogP contribution in [0.25, 0.3) is 0 Å². The van der Waals surface area contributed by atoms with E-state index in [0.29, 0.717) is 15.6 Å². The number of nitrogens with one attached hydrogen (secondary N) is 1. The Hall–Kier alpha value is -2.24. The molecule has 0 aliphatic carbocycles. The summed E-state index contributed by atoms with van der Waals surface area (Å²) >= 11 is 12.3. The van der Waals surface area contributed by atoms with Gasteiger partial charge in [-0.3, -0.25) is 4.79 Å². The molecule has 0 saturated carbocycles. The number of ether oxygens (including phenoxy) is 1. The highest BCUT2D eigenvalue weighted by atomic mass is 35.5. The van der Waals surface area contributed by atoms with Gasteiger partial charge in [0.05, 0.1) is 6.04 Å². The quantitative estimate of drug-likeness (QED) is 0.688. The Balaban J connectivity index is 2.21. The summed E-state index contributed by atoms with van der Waals surface area (Å²) < 4.78 is 5.28. The van der Waals surface area contributed by atoms with Gasteiger partial charge in [0.1, 0.15) is 11.4 Å². The smallest absolute Gasteiger partial charge is 0.408 e. The van der Waals surface area contributed by atoms with Gasteiger partial charge in [-0.15, -0.1) is 0 Å². The minimum Gasteiger partial charge on any atom is -0.508 e. The van der Waals surface area contributed by atoms with Gasteiger partial charge in [-0.1, -0.05) is 41.4 Å². The number of alkyl carbamates (subject to hydrolysis) is 1. The number of carbonyl (C=O) groups excluding carboxylic acids is 2. The first-order chi connectivity index (χ1) is 13.0. The third-order valence-electron chi connectivity index (χ3n) is 3.87. The first-order valence-corrected chi connectivity index (χ1v) is 9.54. The Morgan fingerprint density at radius 1 is 1.07 bits per heavy atom. The lowest BCUT2D eigenvalue weighted by Crippen LogP contribution is -2.45. The van der Waals surface area contributed by atoms with E-state index >= 15 is 0 Å². The van der Waals surface area contributed by atoms with Gasteiger partial charge >= 0.3 is 6.09 Å². The number of carbonyl (C=O) groups is 2. The number of phenolic OH excluding ortho intramolecular Hbond substituents is 1. The summed E-state index contributed by atoms with van der Waals surface area (Å²) in [5.41, 5.74) is 0.595. The maximum atomic E-state index is 13.0. The molecule has 1 amide bonds. The average Bonchev–Trinajstić information content (AvgIpc) is 2.58. The zero-order valence-corrected chi connectivity index (χ0v) is 17.5. The molecule has 0 heterocycles. The molecule has 0 unspecified atom stereocenters. The largest absolute Gasteiger partial charge is 0.508 e. The Kier molecular flexibility index (Phi) is 7.33. The molecule has 0 spiro atoms. The molecule has 0 fully saturated rings. The zero-order valence-electron chi connectivity index (χ0n) is 16.0. The molecule has 7 heteroatoms. The number of hydrogen-bond donors (Lipinski definition) is 2. The molecule has 0 aliphatic rings. The van der Waals surface area contributed by atoms with Crippen molar-refractivity contribution in [2.75, 3.05) is 0 Å². The third kappa shape index (κ3) is 6.73. The minimum atomic E-state index is -0.841. The van der Waals surface area contributed by atoms with Crippen LogP contribution in [-0.4, -0.2) is 28.6 Å². The molecule has 2 aromatic carbocycles. The number of aromatic hydroxyl groups is 1. The first-order valence-electron chi connectivity index (χ1n) is 8.78. The molecule has 0 bridgehead atoms. The summed E-state index contributed by atoms with van der Waals surface area (Å²) in [5.74, 6) is -0.136. The lowest BCUT2D eigenvalue weighted by atomic mass is 9.97. The SMILES string of the molecule is CC(C)(C)OC(=O)N[C@@H](Cc1ccc(O)cc1)C(=O)Cc1c(Cl)cccc1Cl. The van der Waals surface area contributed by atoms with Crippen LogP contribution < -0.4 is 5.32 Å². The monoisotopic (exact) mass is 423 g/mol. The predicted octanol–water partition coefficient (Wildman–Crippen LogP) is 4.95. The fourth-order valence-electron chi connectivity index (χ4n) is 2.56. The molecule has 0 aliphatic heterocycles. The highest BCUT2D eigenvalue weighted by Gasteiger charge is 2.26. The highest BCUT2D eigenvalue weighted by molar-refractivity contribution is 6.36. The van der Waals surface area contributed by atoms with Crippen molar-refractivity contribution in [3.63, 3.8) is 0 Å². The van der Waals surface area contributed by atoms with Crippen LogP contribution in [0.15, 0.2) is 42.5 Å². The van der Waals surface area contributed by atoms with Gasteiger partial charge in [0.2, 0.25) is 0 Å². The fraction of sp³-hybridized carbons (Fsp3) is 0.333. The maximum absolute atomic E-state index is 13.0. The molecule has 0 saturated heterocycles. The molecule has 2 rings (SSSR count). The van der Waals surface area contributed by atoms with Crippen molar-refractivity contribution in [3.8, 4) is 5.75 Å². The van der Waals surface area contributed by atoms with E-state index in [1.165, 1.54) is 12.1 Å². The predicted molar refractivity (Wildman–Crippen MR) is 110 cm³/mol. The second kappa shape index (κ2) is 9.30. The number of halogens is 2. The van der Waals surface area contributed by atoms with Crippen molar-refractivity contribution in [1.82, 2.24) is 5.32 Å². The topological polar surface area (TPSA) is 75.6 Å². The number of ketones is 1. The van der Waals surface area contributed by atoms with Crippen molar-refractivity contribution in [3.05, 3.63) is 63.6 Å². The fourth-order valence-corrected chi connectivity index (χ4v) is 3.09. The van der Waals surface area contributed by atoms with E-state index in [1.807, 2.05) is 0 Å². The summed E-state index contributed by atoms with van der Waals surface area (Å²) in [6, 6.07) is 10.6. The summed E-state index contributed by atoms with van der Waals surface area (Å²) in [6.45, 7) is 5.23. The molecular weight excluding hydrogens is 401 g/mol. The Labute approximate surface area is 174 Å². The van der Waals surface area contributed by atoms with Crippen molar-refractivity contribution in [1.29, 1.82) is 0 Å². The minimum absolute atomic E-state index is 0.0307. The van der Waals surface area contributed by atoms with Gasteiger partial charge in [0.25, 0.3) is 0 Å². The van der Waals surface area contributed by atoms with E-state index in [0.717, 1.165) is 5.56 Å². The van der Waals surface area contributed by atoms with Crippen LogP contribution in [0.1, 0.15) is 31.9 Å². The zero-order chi connectivity index (χ0) is 20.9. The van der Waals surface area contributed by atoms with E-state index in [2.05, 4.69) is 5.32 Å². The molecule has 28 heavy (non-hydrogen) atoms. The molecule has 150 valence electrons. The van der Waals surface area contributed by atoms with Crippen molar-refractivity contribution >= 4 is 35.1 Å². The second-order valence-corrected chi connectivity index (χ2v) is 8.23. The van der Waals surface area contributed by atoms with Crippen LogP contribution >= 0.6 is 23.2 Å². The average molecular weight is 424 g/mol. The number of benzene rings is 2. The maximum Gasteiger partial charge on any atom is 0.408 e. The molecule has 1 atom stereocenters. The van der Waals surface area contributed by atoms with Crippen LogP contribution in [0.4, 0.5) is 4.79 Å². The third-order valence-corrected chi connectivity index (χ3v) is 4.58. The van der Waals surface area contributed by atoms with Crippen molar-refractivity contribution < 1.29 is 19.4 Å². The van der Waals surface area contributed by atoms with Gasteiger partial charge in [0.15, 0.2) is 5.78 Å². The van der Waals surface area contributed by atoms with E-state index in [4.69, 9.17) is 27.9 Å². The molecule has 0 radical (unpaired) electrons. The summed E-state index contributed by atoms with van der Waals surface area (Å²) in [4.78, 5) is 25.2. The Bertz CT molecular complexity index is 824. The molecule has 0 aromatic heterocycles. The standard InChI is InChI=1S/C21H23Cl2NO4/c1-21(2,3)28-20(27)24-18(11-13-7-9-14(25)10-8-13)19(26)12-15-16(22)5-4-6-17(15)23/h4-10,18,25H,11-12H2,1-3H3,(H,24,27)/t18-/m0/s1. The lowest BCUT2D eigenvalue weighted by molar-refractivity contribution is -0.120. The van der Waals surface area contributed by atoms with Gasteiger partial charge < -0.3 is 15.2 Å². The van der Waals surface area contributed by atoms with Crippen LogP contribution in [0.5, 0.6) is 5.75 Å². The second-order valence-electron chi connectivity index (χ2n) is 7.41. The summed E-state index contributed by atoms with van der Waals surface area (Å²) in [6.07, 6.45) is -0.479. The van der Waals surface area contributed by atoms with Gasteiger partial charge in [0, 0.05) is 16.5 Å². The van der Waals surface area contributed by atoms with Crippen LogP contribution in [-0.2, 0) is 22.4 Å². The van der Waals surface area contributed by atoms with Crippen LogP contribution in [0, 0.1) is 0 Å².